The van der Waals surface area contributed by atoms with Gasteiger partial charge >= 0.3 is 6.18 Å². The maximum absolute atomic E-state index is 12.9. The fraction of sp³-hybridized carbons (Fsp3) is 0.188. The highest BCUT2D eigenvalue weighted by atomic mass is 32.1. The summed E-state index contributed by atoms with van der Waals surface area (Å²) in [5, 5.41) is 3.05. The standard InChI is InChI=1S/C16H12F3NS/c1-10(16(17,18)19)12-5-7-20-14(9-12)13-4-2-3-11-6-8-21-15(11)13/h2-10H,1H3. The molecule has 5 heteroatoms. The molecule has 2 aromatic heterocycles. The van der Waals surface area contributed by atoms with Crippen LogP contribution in [-0.2, 0) is 0 Å². The van der Waals surface area contributed by atoms with Gasteiger partial charge in [0.25, 0.3) is 0 Å². The molecule has 0 amide bonds. The maximum Gasteiger partial charge on any atom is 0.395 e. The molecular formula is C16H12F3NS. The minimum absolute atomic E-state index is 0.237. The molecule has 0 saturated heterocycles. The molecule has 0 aliphatic rings. The minimum Gasteiger partial charge on any atom is -0.256 e. The zero-order valence-electron chi connectivity index (χ0n) is 11.2. The molecule has 0 bridgehead atoms. The maximum atomic E-state index is 12.9. The molecule has 0 spiro atoms. The average Bonchev–Trinajstić information content (AvgIpc) is 2.94. The van der Waals surface area contributed by atoms with Crippen molar-refractivity contribution in [2.24, 2.45) is 0 Å². The summed E-state index contributed by atoms with van der Waals surface area (Å²) >= 11 is 1.57. The molecular weight excluding hydrogens is 295 g/mol. The number of hydrogen-bond donors (Lipinski definition) is 0. The van der Waals surface area contributed by atoms with Crippen molar-refractivity contribution < 1.29 is 13.2 Å². The summed E-state index contributed by atoms with van der Waals surface area (Å²) in [5.41, 5.74) is 1.69. The van der Waals surface area contributed by atoms with E-state index < -0.39 is 12.1 Å². The molecule has 108 valence electrons. The van der Waals surface area contributed by atoms with E-state index in [4.69, 9.17) is 0 Å². The van der Waals surface area contributed by atoms with Gasteiger partial charge in [-0.3, -0.25) is 4.98 Å². The van der Waals surface area contributed by atoms with Crippen LogP contribution in [0, 0.1) is 0 Å². The summed E-state index contributed by atoms with van der Waals surface area (Å²) in [6.07, 6.45) is -2.80. The van der Waals surface area contributed by atoms with E-state index in [1.807, 2.05) is 29.6 Å². The van der Waals surface area contributed by atoms with Crippen molar-refractivity contribution in [3.8, 4) is 11.3 Å². The van der Waals surface area contributed by atoms with Gasteiger partial charge in [0.2, 0.25) is 0 Å². The third-order valence-electron chi connectivity index (χ3n) is 3.53. The molecule has 0 radical (unpaired) electrons. The highest BCUT2D eigenvalue weighted by molar-refractivity contribution is 7.17. The third kappa shape index (κ3) is 2.65. The van der Waals surface area contributed by atoms with E-state index in [9.17, 15) is 13.2 Å². The molecule has 0 fully saturated rings. The fourth-order valence-electron chi connectivity index (χ4n) is 2.25. The average molecular weight is 307 g/mol. The van der Waals surface area contributed by atoms with Crippen LogP contribution in [0.2, 0.25) is 0 Å². The first-order valence-corrected chi connectivity index (χ1v) is 7.34. The molecule has 1 nitrogen and oxygen atoms in total. The smallest absolute Gasteiger partial charge is 0.256 e. The number of thiophene rings is 1. The SMILES string of the molecule is CC(c1ccnc(-c2cccc3ccsc23)c1)C(F)(F)F. The van der Waals surface area contributed by atoms with Gasteiger partial charge in [-0.1, -0.05) is 18.2 Å². The van der Waals surface area contributed by atoms with Crippen molar-refractivity contribution in [2.75, 3.05) is 0 Å². The first-order valence-electron chi connectivity index (χ1n) is 6.46. The third-order valence-corrected chi connectivity index (χ3v) is 4.49. The molecule has 21 heavy (non-hydrogen) atoms. The number of rotatable bonds is 2. The summed E-state index contributed by atoms with van der Waals surface area (Å²) in [4.78, 5) is 4.24. The van der Waals surface area contributed by atoms with E-state index in [-0.39, 0.29) is 5.56 Å². The number of alkyl halides is 3. The number of pyridine rings is 1. The molecule has 0 saturated carbocycles. The Kier molecular flexibility index (Phi) is 3.45. The summed E-state index contributed by atoms with van der Waals surface area (Å²) in [7, 11) is 0. The van der Waals surface area contributed by atoms with Gasteiger partial charge in [0.05, 0.1) is 11.6 Å². The van der Waals surface area contributed by atoms with Gasteiger partial charge in [0, 0.05) is 16.5 Å². The number of benzene rings is 1. The first kappa shape index (κ1) is 14.1. The van der Waals surface area contributed by atoms with Gasteiger partial charge in [-0.2, -0.15) is 13.2 Å². The van der Waals surface area contributed by atoms with Crippen LogP contribution in [0.1, 0.15) is 18.4 Å². The van der Waals surface area contributed by atoms with Crippen LogP contribution in [-0.4, -0.2) is 11.2 Å². The predicted molar refractivity (Wildman–Crippen MR) is 79.5 cm³/mol. The second kappa shape index (κ2) is 5.15. The van der Waals surface area contributed by atoms with Crippen LogP contribution < -0.4 is 0 Å². The lowest BCUT2D eigenvalue weighted by Crippen LogP contribution is -2.17. The molecule has 0 aliphatic heterocycles. The van der Waals surface area contributed by atoms with Crippen molar-refractivity contribution in [1.82, 2.24) is 4.98 Å². The lowest BCUT2D eigenvalue weighted by molar-refractivity contribution is -0.146. The topological polar surface area (TPSA) is 12.9 Å². The summed E-state index contributed by atoms with van der Waals surface area (Å²) in [6.45, 7) is 1.17. The van der Waals surface area contributed by atoms with Crippen LogP contribution in [0.25, 0.3) is 21.3 Å². The lowest BCUT2D eigenvalue weighted by atomic mass is 9.99. The zero-order chi connectivity index (χ0) is 15.0. The van der Waals surface area contributed by atoms with Crippen LogP contribution in [0.4, 0.5) is 13.2 Å². The molecule has 3 aromatic rings. The van der Waals surface area contributed by atoms with E-state index in [1.165, 1.54) is 25.3 Å². The molecule has 0 N–H and O–H groups in total. The largest absolute Gasteiger partial charge is 0.395 e. The van der Waals surface area contributed by atoms with Crippen molar-refractivity contribution in [3.63, 3.8) is 0 Å². The number of nitrogens with zero attached hydrogens (tertiary/aromatic N) is 1. The van der Waals surface area contributed by atoms with Gasteiger partial charge in [-0.05, 0) is 41.5 Å². The van der Waals surface area contributed by atoms with Crippen molar-refractivity contribution in [3.05, 3.63) is 53.5 Å². The lowest BCUT2D eigenvalue weighted by Gasteiger charge is -2.16. The van der Waals surface area contributed by atoms with Gasteiger partial charge in [0.1, 0.15) is 0 Å². The Morgan fingerprint density at radius 1 is 1.14 bits per heavy atom. The highest BCUT2D eigenvalue weighted by Crippen LogP contribution is 2.37. The van der Waals surface area contributed by atoms with Crippen LogP contribution in [0.15, 0.2) is 48.0 Å². The van der Waals surface area contributed by atoms with E-state index in [1.54, 1.807) is 11.3 Å². The van der Waals surface area contributed by atoms with Crippen LogP contribution in [0.3, 0.4) is 0 Å². The molecule has 1 atom stereocenters. The Morgan fingerprint density at radius 2 is 1.95 bits per heavy atom. The van der Waals surface area contributed by atoms with Crippen LogP contribution in [0.5, 0.6) is 0 Å². The second-order valence-corrected chi connectivity index (χ2v) is 5.80. The van der Waals surface area contributed by atoms with E-state index in [2.05, 4.69) is 4.98 Å². The van der Waals surface area contributed by atoms with E-state index in [0.29, 0.717) is 5.69 Å². The van der Waals surface area contributed by atoms with E-state index >= 15 is 0 Å². The zero-order valence-corrected chi connectivity index (χ0v) is 12.0. The van der Waals surface area contributed by atoms with Crippen LogP contribution >= 0.6 is 11.3 Å². The summed E-state index contributed by atoms with van der Waals surface area (Å²) in [6, 6.07) is 10.7. The number of halogens is 3. The summed E-state index contributed by atoms with van der Waals surface area (Å²) in [5.74, 6) is -1.50. The van der Waals surface area contributed by atoms with Crippen molar-refractivity contribution >= 4 is 21.4 Å². The Labute approximate surface area is 124 Å². The molecule has 0 aliphatic carbocycles. The quantitative estimate of drug-likeness (QED) is 0.598. The Bertz CT molecular complexity index is 776. The first-order chi connectivity index (χ1) is 9.97. The fourth-order valence-corrected chi connectivity index (χ4v) is 3.17. The summed E-state index contributed by atoms with van der Waals surface area (Å²) < 4.78 is 39.6. The van der Waals surface area contributed by atoms with E-state index in [0.717, 1.165) is 15.6 Å². The van der Waals surface area contributed by atoms with Crippen molar-refractivity contribution in [2.45, 2.75) is 19.0 Å². The molecule has 2 heterocycles. The molecule has 1 unspecified atom stereocenters. The Morgan fingerprint density at radius 3 is 2.71 bits per heavy atom. The Balaban J connectivity index is 2.10. The monoisotopic (exact) mass is 307 g/mol. The van der Waals surface area contributed by atoms with Gasteiger partial charge < -0.3 is 0 Å². The predicted octanol–water partition coefficient (Wildman–Crippen LogP) is 5.63. The second-order valence-electron chi connectivity index (χ2n) is 4.88. The number of aromatic nitrogens is 1. The van der Waals surface area contributed by atoms with Gasteiger partial charge in [-0.25, -0.2) is 0 Å². The minimum atomic E-state index is -4.24. The normalized spacial score (nSPS) is 13.5. The molecule has 3 rings (SSSR count). The number of fused-ring (bicyclic) bond motifs is 1. The van der Waals surface area contributed by atoms with Crippen molar-refractivity contribution in [1.29, 1.82) is 0 Å². The Hall–Kier alpha value is -1.88. The van der Waals surface area contributed by atoms with Gasteiger partial charge in [-0.15, -0.1) is 11.3 Å². The number of hydrogen-bond acceptors (Lipinski definition) is 2. The highest BCUT2D eigenvalue weighted by Gasteiger charge is 2.37. The molecule has 1 aromatic carbocycles. The van der Waals surface area contributed by atoms with Gasteiger partial charge in [0.15, 0.2) is 0 Å².